The molecule has 0 aliphatic rings. The van der Waals surface area contributed by atoms with Crippen LogP contribution in [-0.4, -0.2) is 11.3 Å². The molecule has 0 aliphatic heterocycles. The van der Waals surface area contributed by atoms with E-state index < -0.39 is 23.1 Å². The van der Waals surface area contributed by atoms with Crippen LogP contribution in [0.1, 0.15) is 23.7 Å². The lowest BCUT2D eigenvalue weighted by molar-refractivity contribution is -0.0328. The second-order valence-electron chi connectivity index (χ2n) is 3.00. The maximum atomic E-state index is 13.0. The highest BCUT2D eigenvalue weighted by Crippen LogP contribution is 2.37. The standard InChI is InChI=1S/C10H8F4OS/c1-2-9(15)6-3-7(11)5-8(4-6)16-10(12,13)14/h3-5H,2H2,1H3. The first-order valence-electron chi connectivity index (χ1n) is 4.41. The smallest absolute Gasteiger partial charge is 0.294 e. The molecular weight excluding hydrogens is 244 g/mol. The Morgan fingerprint density at radius 2 is 1.94 bits per heavy atom. The van der Waals surface area contributed by atoms with Gasteiger partial charge in [0.1, 0.15) is 5.82 Å². The first kappa shape index (κ1) is 13.0. The lowest BCUT2D eigenvalue weighted by Gasteiger charge is -2.07. The molecular formula is C10H8F4OS. The van der Waals surface area contributed by atoms with Gasteiger partial charge in [0.05, 0.1) is 0 Å². The average molecular weight is 252 g/mol. The molecule has 0 amide bonds. The SMILES string of the molecule is CCC(=O)c1cc(F)cc(SC(F)(F)F)c1. The number of hydrogen-bond acceptors (Lipinski definition) is 2. The summed E-state index contributed by atoms with van der Waals surface area (Å²) < 4.78 is 49.1. The van der Waals surface area contributed by atoms with Crippen LogP contribution in [0.5, 0.6) is 0 Å². The largest absolute Gasteiger partial charge is 0.446 e. The van der Waals surface area contributed by atoms with Crippen molar-refractivity contribution < 1.29 is 22.4 Å². The zero-order chi connectivity index (χ0) is 12.3. The number of halogens is 4. The normalized spacial score (nSPS) is 11.6. The molecule has 0 aliphatic carbocycles. The highest BCUT2D eigenvalue weighted by molar-refractivity contribution is 8.00. The van der Waals surface area contributed by atoms with Crippen LogP contribution in [0.15, 0.2) is 23.1 Å². The van der Waals surface area contributed by atoms with Crippen LogP contribution in [0.3, 0.4) is 0 Å². The van der Waals surface area contributed by atoms with E-state index >= 15 is 0 Å². The summed E-state index contributed by atoms with van der Waals surface area (Å²) in [5.41, 5.74) is -4.52. The number of carbonyl (C=O) groups is 1. The van der Waals surface area contributed by atoms with Gasteiger partial charge in [-0.1, -0.05) is 6.92 Å². The molecule has 16 heavy (non-hydrogen) atoms. The van der Waals surface area contributed by atoms with Crippen molar-refractivity contribution in [3.63, 3.8) is 0 Å². The zero-order valence-corrected chi connectivity index (χ0v) is 9.08. The van der Waals surface area contributed by atoms with Gasteiger partial charge in [-0.15, -0.1) is 0 Å². The molecule has 0 saturated carbocycles. The van der Waals surface area contributed by atoms with E-state index in [2.05, 4.69) is 0 Å². The third-order valence-corrected chi connectivity index (χ3v) is 2.45. The van der Waals surface area contributed by atoms with Crippen molar-refractivity contribution in [2.45, 2.75) is 23.7 Å². The predicted octanol–water partition coefficient (Wildman–Crippen LogP) is 4.03. The number of hydrogen-bond donors (Lipinski definition) is 0. The van der Waals surface area contributed by atoms with Crippen molar-refractivity contribution in [3.05, 3.63) is 29.6 Å². The van der Waals surface area contributed by atoms with Crippen LogP contribution in [-0.2, 0) is 0 Å². The summed E-state index contributed by atoms with van der Waals surface area (Å²) in [5.74, 6) is -1.23. The van der Waals surface area contributed by atoms with E-state index in [1.807, 2.05) is 0 Å². The minimum Gasteiger partial charge on any atom is -0.294 e. The molecule has 0 spiro atoms. The molecule has 0 bridgehead atoms. The van der Waals surface area contributed by atoms with Crippen molar-refractivity contribution in [2.24, 2.45) is 0 Å². The van der Waals surface area contributed by atoms with E-state index in [0.29, 0.717) is 0 Å². The third-order valence-electron chi connectivity index (χ3n) is 1.75. The Balaban J connectivity index is 3.03. The van der Waals surface area contributed by atoms with Gasteiger partial charge >= 0.3 is 5.51 Å². The maximum Gasteiger partial charge on any atom is 0.446 e. The fraction of sp³-hybridized carbons (Fsp3) is 0.300. The van der Waals surface area contributed by atoms with Crippen LogP contribution in [0.25, 0.3) is 0 Å². The van der Waals surface area contributed by atoms with Crippen LogP contribution in [0, 0.1) is 5.82 Å². The number of rotatable bonds is 3. The van der Waals surface area contributed by atoms with Gasteiger partial charge in [-0.25, -0.2) is 4.39 Å². The summed E-state index contributed by atoms with van der Waals surface area (Å²) >= 11 is -0.435. The van der Waals surface area contributed by atoms with Crippen LogP contribution in [0.2, 0.25) is 0 Å². The summed E-state index contributed by atoms with van der Waals surface area (Å²) in [7, 11) is 0. The van der Waals surface area contributed by atoms with Gasteiger partial charge in [0.15, 0.2) is 5.78 Å². The molecule has 0 saturated heterocycles. The number of Topliss-reactive ketones (excluding diaryl/α,β-unsaturated/α-hetero) is 1. The number of thioether (sulfide) groups is 1. The number of alkyl halides is 3. The topological polar surface area (TPSA) is 17.1 Å². The number of benzene rings is 1. The quantitative estimate of drug-likeness (QED) is 0.459. The van der Waals surface area contributed by atoms with Crippen LogP contribution in [0.4, 0.5) is 17.6 Å². The number of carbonyl (C=O) groups excluding carboxylic acids is 1. The molecule has 6 heteroatoms. The van der Waals surface area contributed by atoms with E-state index in [0.717, 1.165) is 18.2 Å². The van der Waals surface area contributed by atoms with Crippen LogP contribution >= 0.6 is 11.8 Å². The molecule has 1 nitrogen and oxygen atoms in total. The molecule has 1 rings (SSSR count). The zero-order valence-electron chi connectivity index (χ0n) is 8.27. The molecule has 0 heterocycles. The predicted molar refractivity (Wildman–Crippen MR) is 52.9 cm³/mol. The third kappa shape index (κ3) is 3.84. The molecule has 1 aromatic carbocycles. The summed E-state index contributed by atoms with van der Waals surface area (Å²) in [6, 6.07) is 2.74. The Labute approximate surface area is 93.8 Å². The molecule has 0 atom stereocenters. The van der Waals surface area contributed by atoms with Gasteiger partial charge in [-0.2, -0.15) is 13.2 Å². The monoisotopic (exact) mass is 252 g/mol. The molecule has 88 valence electrons. The summed E-state index contributed by atoms with van der Waals surface area (Å²) in [6.45, 7) is 1.56. The second-order valence-corrected chi connectivity index (χ2v) is 4.14. The summed E-state index contributed by atoms with van der Waals surface area (Å²) in [5, 5.41) is 0. The van der Waals surface area contributed by atoms with Gasteiger partial charge in [-0.3, -0.25) is 4.79 Å². The van der Waals surface area contributed by atoms with Crippen molar-refractivity contribution in [2.75, 3.05) is 0 Å². The minimum atomic E-state index is -4.49. The Kier molecular flexibility index (Phi) is 3.96. The molecule has 0 aromatic heterocycles. The molecule has 0 fully saturated rings. The first-order valence-corrected chi connectivity index (χ1v) is 5.23. The highest BCUT2D eigenvalue weighted by Gasteiger charge is 2.29. The molecule has 0 radical (unpaired) electrons. The van der Waals surface area contributed by atoms with Crippen molar-refractivity contribution in [1.82, 2.24) is 0 Å². The van der Waals surface area contributed by atoms with E-state index in [1.165, 1.54) is 0 Å². The Morgan fingerprint density at radius 1 is 1.31 bits per heavy atom. The summed E-state index contributed by atoms with van der Waals surface area (Å²) in [4.78, 5) is 10.9. The van der Waals surface area contributed by atoms with E-state index in [9.17, 15) is 22.4 Å². The molecule has 1 aromatic rings. The minimum absolute atomic E-state index is 0.0331. The van der Waals surface area contributed by atoms with E-state index in [1.54, 1.807) is 6.92 Å². The fourth-order valence-electron chi connectivity index (χ4n) is 1.12. The van der Waals surface area contributed by atoms with Gasteiger partial charge in [0.25, 0.3) is 0 Å². The maximum absolute atomic E-state index is 13.0. The Morgan fingerprint density at radius 3 is 2.44 bits per heavy atom. The average Bonchev–Trinajstić information content (AvgIpc) is 2.12. The van der Waals surface area contributed by atoms with Crippen molar-refractivity contribution >= 4 is 17.5 Å². The van der Waals surface area contributed by atoms with Crippen molar-refractivity contribution in [1.29, 1.82) is 0 Å². The fourth-order valence-corrected chi connectivity index (χ4v) is 1.75. The molecule has 0 N–H and O–H groups in total. The Hall–Kier alpha value is -1.04. The van der Waals surface area contributed by atoms with Crippen molar-refractivity contribution in [3.8, 4) is 0 Å². The second kappa shape index (κ2) is 4.86. The lowest BCUT2D eigenvalue weighted by atomic mass is 10.1. The number of ketones is 1. The molecule has 0 unspecified atom stereocenters. The van der Waals surface area contributed by atoms with E-state index in [-0.39, 0.29) is 22.7 Å². The van der Waals surface area contributed by atoms with Gasteiger partial charge in [0, 0.05) is 16.9 Å². The van der Waals surface area contributed by atoms with E-state index in [4.69, 9.17) is 0 Å². The van der Waals surface area contributed by atoms with Gasteiger partial charge in [-0.05, 0) is 30.0 Å². The Bertz CT molecular complexity index is 400. The lowest BCUT2D eigenvalue weighted by Crippen LogP contribution is -2.02. The summed E-state index contributed by atoms with van der Waals surface area (Å²) in [6.07, 6.45) is 0.125. The van der Waals surface area contributed by atoms with Gasteiger partial charge < -0.3 is 0 Å². The highest BCUT2D eigenvalue weighted by atomic mass is 32.2. The first-order chi connectivity index (χ1) is 7.31. The van der Waals surface area contributed by atoms with Gasteiger partial charge in [0.2, 0.25) is 0 Å². The van der Waals surface area contributed by atoms with Crippen LogP contribution < -0.4 is 0 Å².